The van der Waals surface area contributed by atoms with Gasteiger partial charge in [0.15, 0.2) is 6.10 Å². The van der Waals surface area contributed by atoms with Crippen LogP contribution in [-0.4, -0.2) is 37.2 Å². The van der Waals surface area contributed by atoms with Gasteiger partial charge in [-0.25, -0.2) is 0 Å². The Balaban J connectivity index is 4.46. The number of unbranched alkanes of at least 4 members (excludes halogenated alkanes) is 26. The zero-order valence-corrected chi connectivity index (χ0v) is 53.9. The van der Waals surface area contributed by atoms with Crippen molar-refractivity contribution in [2.45, 2.75) is 309 Å². The van der Waals surface area contributed by atoms with Gasteiger partial charge < -0.3 is 14.2 Å². The average Bonchev–Trinajstić information content (AvgIpc) is 3.50. The van der Waals surface area contributed by atoms with Crippen LogP contribution in [0.4, 0.5) is 0 Å². The molecule has 0 N–H and O–H groups in total. The van der Waals surface area contributed by atoms with Gasteiger partial charge in [0.25, 0.3) is 0 Å². The molecule has 0 rings (SSSR count). The zero-order chi connectivity index (χ0) is 59.9. The molecule has 83 heavy (non-hydrogen) atoms. The van der Waals surface area contributed by atoms with Gasteiger partial charge in [0, 0.05) is 19.3 Å². The first-order valence-corrected chi connectivity index (χ1v) is 34.3. The summed E-state index contributed by atoms with van der Waals surface area (Å²) in [5.41, 5.74) is 0. The predicted molar refractivity (Wildman–Crippen MR) is 362 cm³/mol. The Bertz CT molecular complexity index is 1800. The molecule has 1 atom stereocenters. The molecular formula is C77H126O6. The third kappa shape index (κ3) is 68.0. The van der Waals surface area contributed by atoms with Crippen molar-refractivity contribution in [2.75, 3.05) is 13.2 Å². The summed E-state index contributed by atoms with van der Waals surface area (Å²) in [6.45, 7) is 6.40. The summed E-state index contributed by atoms with van der Waals surface area (Å²) in [5, 5.41) is 0. The van der Waals surface area contributed by atoms with E-state index in [1.54, 1.807) is 0 Å². The molecule has 0 heterocycles. The summed E-state index contributed by atoms with van der Waals surface area (Å²) in [4.78, 5) is 38.5. The highest BCUT2D eigenvalue weighted by Gasteiger charge is 2.19. The van der Waals surface area contributed by atoms with Crippen molar-refractivity contribution in [3.05, 3.63) is 146 Å². The molecular weight excluding hydrogens is 1020 g/mol. The lowest BCUT2D eigenvalue weighted by molar-refractivity contribution is -0.167. The van der Waals surface area contributed by atoms with Crippen LogP contribution in [-0.2, 0) is 28.6 Å². The van der Waals surface area contributed by atoms with Gasteiger partial charge in [0.1, 0.15) is 13.2 Å². The summed E-state index contributed by atoms with van der Waals surface area (Å²) in [6, 6.07) is 0. The standard InChI is InChI=1S/C77H126O6/c1-4-7-10-13-16-19-22-25-28-31-34-35-36-37-38-39-40-41-44-46-49-52-55-58-61-64-67-70-76(79)82-73-74(83-77(80)71-68-65-62-59-56-53-50-47-43-33-30-27-24-21-18-15-12-9-6-3)72-81-75(78)69-66-63-60-57-54-51-48-45-42-32-29-26-23-20-17-14-11-8-5-2/h7,9-10,12,16,18-19,21,25-30,34-35,37-38,40-41,43,46-47,49,74H,4-6,8,11,13-15,17,20,22-24,31-33,36,39,42,44-45,48,50-73H2,1-3H3/b10-7-,12-9-,19-16-,21-18-,28-25-,29-26-,30-27-,35-34-,38-37-,41-40-,47-43-,49-46-. The Hall–Kier alpha value is -4.71. The van der Waals surface area contributed by atoms with E-state index in [-0.39, 0.29) is 31.1 Å². The van der Waals surface area contributed by atoms with Gasteiger partial charge in [-0.2, -0.15) is 0 Å². The van der Waals surface area contributed by atoms with E-state index in [0.717, 1.165) is 161 Å². The fourth-order valence-corrected chi connectivity index (χ4v) is 9.23. The summed E-state index contributed by atoms with van der Waals surface area (Å²) in [5.74, 6) is -0.927. The van der Waals surface area contributed by atoms with Gasteiger partial charge in [-0.3, -0.25) is 14.4 Å². The fourth-order valence-electron chi connectivity index (χ4n) is 9.23. The van der Waals surface area contributed by atoms with E-state index >= 15 is 0 Å². The molecule has 0 bridgehead atoms. The molecule has 0 spiro atoms. The van der Waals surface area contributed by atoms with Crippen LogP contribution in [0.2, 0.25) is 0 Å². The lowest BCUT2D eigenvalue weighted by Crippen LogP contribution is -2.30. The average molecular weight is 1150 g/mol. The van der Waals surface area contributed by atoms with Crippen LogP contribution in [0.1, 0.15) is 303 Å². The second kappa shape index (κ2) is 69.8. The van der Waals surface area contributed by atoms with Crippen molar-refractivity contribution in [3.63, 3.8) is 0 Å². The Labute approximate surface area is 512 Å². The van der Waals surface area contributed by atoms with Crippen molar-refractivity contribution in [3.8, 4) is 0 Å². The number of ether oxygens (including phenoxy) is 3. The molecule has 0 amide bonds. The Kier molecular flexibility index (Phi) is 65.8. The lowest BCUT2D eigenvalue weighted by atomic mass is 10.1. The summed E-state index contributed by atoms with van der Waals surface area (Å²) < 4.78 is 17.0. The van der Waals surface area contributed by atoms with Crippen LogP contribution in [0.5, 0.6) is 0 Å². The largest absolute Gasteiger partial charge is 0.462 e. The minimum absolute atomic E-state index is 0.0954. The zero-order valence-electron chi connectivity index (χ0n) is 53.9. The molecule has 6 heteroatoms. The Morgan fingerprint density at radius 3 is 0.747 bits per heavy atom. The van der Waals surface area contributed by atoms with Crippen LogP contribution in [0.15, 0.2) is 146 Å². The fraction of sp³-hybridized carbons (Fsp3) is 0.649. The van der Waals surface area contributed by atoms with Crippen molar-refractivity contribution < 1.29 is 28.6 Å². The van der Waals surface area contributed by atoms with Crippen LogP contribution in [0, 0.1) is 0 Å². The van der Waals surface area contributed by atoms with E-state index in [0.29, 0.717) is 19.3 Å². The van der Waals surface area contributed by atoms with Gasteiger partial charge in [0.2, 0.25) is 0 Å². The molecule has 0 aliphatic carbocycles. The topological polar surface area (TPSA) is 78.9 Å². The van der Waals surface area contributed by atoms with E-state index in [2.05, 4.69) is 167 Å². The smallest absolute Gasteiger partial charge is 0.306 e. The Morgan fingerprint density at radius 1 is 0.253 bits per heavy atom. The van der Waals surface area contributed by atoms with E-state index < -0.39 is 6.10 Å². The third-order valence-corrected chi connectivity index (χ3v) is 14.3. The quantitative estimate of drug-likeness (QED) is 0.0261. The van der Waals surface area contributed by atoms with E-state index in [4.69, 9.17) is 14.2 Å². The number of carbonyl (C=O) groups excluding carboxylic acids is 3. The normalized spacial score (nSPS) is 13.0. The third-order valence-electron chi connectivity index (χ3n) is 14.3. The highest BCUT2D eigenvalue weighted by molar-refractivity contribution is 5.71. The van der Waals surface area contributed by atoms with E-state index in [1.807, 2.05) is 0 Å². The van der Waals surface area contributed by atoms with Crippen LogP contribution in [0.3, 0.4) is 0 Å². The second-order valence-corrected chi connectivity index (χ2v) is 22.3. The molecule has 0 saturated heterocycles. The molecule has 0 fully saturated rings. The van der Waals surface area contributed by atoms with Crippen LogP contribution >= 0.6 is 0 Å². The molecule has 0 aliphatic rings. The number of hydrogen-bond donors (Lipinski definition) is 0. The maximum Gasteiger partial charge on any atom is 0.306 e. The highest BCUT2D eigenvalue weighted by atomic mass is 16.6. The summed E-state index contributed by atoms with van der Waals surface area (Å²) >= 11 is 0. The highest BCUT2D eigenvalue weighted by Crippen LogP contribution is 2.15. The van der Waals surface area contributed by atoms with Crippen molar-refractivity contribution in [1.29, 1.82) is 0 Å². The minimum atomic E-state index is -0.803. The number of rotatable bonds is 61. The predicted octanol–water partition coefficient (Wildman–Crippen LogP) is 23.9. The van der Waals surface area contributed by atoms with Gasteiger partial charge in [-0.05, 0) is 141 Å². The number of carbonyl (C=O) groups is 3. The van der Waals surface area contributed by atoms with Gasteiger partial charge >= 0.3 is 17.9 Å². The molecule has 0 aromatic heterocycles. The van der Waals surface area contributed by atoms with Gasteiger partial charge in [0.05, 0.1) is 0 Å². The molecule has 0 aromatic carbocycles. The first kappa shape index (κ1) is 78.3. The first-order chi connectivity index (χ1) is 41.0. The van der Waals surface area contributed by atoms with Gasteiger partial charge in [-0.1, -0.05) is 289 Å². The summed E-state index contributed by atoms with van der Waals surface area (Å²) in [7, 11) is 0. The van der Waals surface area contributed by atoms with Crippen LogP contribution in [0.25, 0.3) is 0 Å². The minimum Gasteiger partial charge on any atom is -0.462 e. The maximum atomic E-state index is 13.0. The number of allylic oxidation sites excluding steroid dienone is 24. The second-order valence-electron chi connectivity index (χ2n) is 22.3. The molecule has 0 aromatic rings. The molecule has 0 saturated carbocycles. The lowest BCUT2D eigenvalue weighted by Gasteiger charge is -2.18. The maximum absolute atomic E-state index is 13.0. The molecule has 1 unspecified atom stereocenters. The Morgan fingerprint density at radius 2 is 0.470 bits per heavy atom. The monoisotopic (exact) mass is 1150 g/mol. The molecule has 0 radical (unpaired) electrons. The summed E-state index contributed by atoms with van der Waals surface area (Å²) in [6.07, 6.45) is 99.9. The first-order valence-electron chi connectivity index (χ1n) is 34.3. The molecule has 6 nitrogen and oxygen atoms in total. The van der Waals surface area contributed by atoms with Gasteiger partial charge in [-0.15, -0.1) is 0 Å². The number of hydrogen-bond acceptors (Lipinski definition) is 6. The molecule has 470 valence electrons. The molecule has 0 aliphatic heterocycles. The van der Waals surface area contributed by atoms with Crippen molar-refractivity contribution in [2.24, 2.45) is 0 Å². The van der Waals surface area contributed by atoms with Crippen molar-refractivity contribution in [1.82, 2.24) is 0 Å². The SMILES string of the molecule is CC/C=C\C/C=C\C/C=C\C/C=C\C/C=C\C/C=C\C/C=C\CCCCCCCC(=O)OCC(COC(=O)CCCCCCCCCCC/C=C\CCCCCCCC)OC(=O)CCCCCCCC/C=C\C/C=C\C/C=C\C/C=C\CC. The number of esters is 3. The van der Waals surface area contributed by atoms with Crippen molar-refractivity contribution >= 4 is 17.9 Å². The van der Waals surface area contributed by atoms with Crippen LogP contribution < -0.4 is 0 Å². The van der Waals surface area contributed by atoms with E-state index in [9.17, 15) is 14.4 Å². The van der Waals surface area contributed by atoms with E-state index in [1.165, 1.54) is 103 Å².